The van der Waals surface area contributed by atoms with Crippen molar-refractivity contribution in [1.29, 1.82) is 0 Å². The molecule has 1 aliphatic rings. The maximum absolute atomic E-state index is 11.9. The van der Waals surface area contributed by atoms with Crippen molar-refractivity contribution in [3.05, 3.63) is 29.8 Å². The predicted octanol–water partition coefficient (Wildman–Crippen LogP) is 1.05. The molecule has 1 fully saturated rings. The van der Waals surface area contributed by atoms with Gasteiger partial charge >= 0.3 is 0 Å². The number of ether oxygens (including phenoxy) is 1. The molecule has 0 spiro atoms. The van der Waals surface area contributed by atoms with E-state index in [0.29, 0.717) is 13.1 Å². The second-order valence-electron chi connectivity index (χ2n) is 4.52. The van der Waals surface area contributed by atoms with Gasteiger partial charge in [-0.2, -0.15) is 0 Å². The van der Waals surface area contributed by atoms with E-state index in [1.165, 1.54) is 0 Å². The van der Waals surface area contributed by atoms with Crippen LogP contribution in [-0.4, -0.2) is 19.6 Å². The highest BCUT2D eigenvalue weighted by Gasteiger charge is 2.48. The van der Waals surface area contributed by atoms with Crippen molar-refractivity contribution >= 4 is 5.91 Å². The lowest BCUT2D eigenvalue weighted by Gasteiger charge is -2.13. The van der Waals surface area contributed by atoms with Crippen LogP contribution < -0.4 is 15.8 Å². The van der Waals surface area contributed by atoms with Gasteiger partial charge in [0.25, 0.3) is 0 Å². The highest BCUT2D eigenvalue weighted by atomic mass is 16.5. The van der Waals surface area contributed by atoms with Gasteiger partial charge < -0.3 is 15.8 Å². The highest BCUT2D eigenvalue weighted by molar-refractivity contribution is 5.85. The van der Waals surface area contributed by atoms with E-state index in [9.17, 15) is 4.79 Å². The van der Waals surface area contributed by atoms with Gasteiger partial charge in [-0.05, 0) is 30.5 Å². The van der Waals surface area contributed by atoms with E-state index in [1.807, 2.05) is 24.3 Å². The number of benzene rings is 1. The number of amides is 1. The first-order chi connectivity index (χ1) is 8.20. The Kier molecular flexibility index (Phi) is 3.33. The molecule has 0 atom stereocenters. The number of methoxy groups -OCH3 is 1. The van der Waals surface area contributed by atoms with Gasteiger partial charge in [0.15, 0.2) is 0 Å². The number of nitrogens with two attached hydrogens (primary N) is 1. The predicted molar refractivity (Wildman–Crippen MR) is 65.6 cm³/mol. The molecule has 0 unspecified atom stereocenters. The van der Waals surface area contributed by atoms with E-state index < -0.39 is 0 Å². The van der Waals surface area contributed by atoms with Gasteiger partial charge in [-0.1, -0.05) is 12.1 Å². The minimum atomic E-state index is -0.279. The number of carbonyl (C=O) groups is 1. The van der Waals surface area contributed by atoms with Gasteiger partial charge in [0.2, 0.25) is 5.91 Å². The van der Waals surface area contributed by atoms with Gasteiger partial charge in [-0.3, -0.25) is 4.79 Å². The van der Waals surface area contributed by atoms with Crippen molar-refractivity contribution in [1.82, 2.24) is 5.32 Å². The molecule has 0 aromatic heterocycles. The highest BCUT2D eigenvalue weighted by Crippen LogP contribution is 2.44. The fourth-order valence-corrected chi connectivity index (χ4v) is 1.83. The third-order valence-electron chi connectivity index (χ3n) is 3.31. The summed E-state index contributed by atoms with van der Waals surface area (Å²) in [6.07, 6.45) is 1.82. The molecule has 92 valence electrons. The van der Waals surface area contributed by atoms with E-state index in [1.54, 1.807) is 7.11 Å². The van der Waals surface area contributed by atoms with Crippen LogP contribution >= 0.6 is 0 Å². The van der Waals surface area contributed by atoms with E-state index in [0.717, 1.165) is 24.2 Å². The molecule has 1 aliphatic carbocycles. The fraction of sp³-hybridized carbons (Fsp3) is 0.462. The number of carbonyl (C=O) groups excluding carboxylic acids is 1. The lowest BCUT2D eigenvalue weighted by Crippen LogP contribution is -2.36. The van der Waals surface area contributed by atoms with Crippen LogP contribution in [0.2, 0.25) is 0 Å². The smallest absolute Gasteiger partial charge is 0.227 e. The molecule has 4 nitrogen and oxygen atoms in total. The molecule has 4 heteroatoms. The zero-order chi connectivity index (χ0) is 12.3. The molecule has 3 N–H and O–H groups in total. The van der Waals surface area contributed by atoms with E-state index in [2.05, 4.69) is 5.32 Å². The summed E-state index contributed by atoms with van der Waals surface area (Å²) in [5.74, 6) is 0.875. The standard InChI is InChI=1S/C13H18N2O2/c1-17-11-4-2-3-10(7-11)8-15-12(16)13(9-14)5-6-13/h2-4,7H,5-6,8-9,14H2,1H3,(H,15,16). The topological polar surface area (TPSA) is 64.3 Å². The third kappa shape index (κ3) is 2.58. The van der Waals surface area contributed by atoms with Crippen LogP contribution in [0, 0.1) is 5.41 Å². The van der Waals surface area contributed by atoms with Gasteiger partial charge in [-0.15, -0.1) is 0 Å². The average Bonchev–Trinajstić information content (AvgIpc) is 3.17. The Labute approximate surface area is 101 Å². The first-order valence-corrected chi connectivity index (χ1v) is 5.81. The summed E-state index contributed by atoms with van der Waals surface area (Å²) >= 11 is 0. The van der Waals surface area contributed by atoms with E-state index >= 15 is 0 Å². The Morgan fingerprint density at radius 3 is 2.88 bits per heavy atom. The zero-order valence-electron chi connectivity index (χ0n) is 10.0. The monoisotopic (exact) mass is 234 g/mol. The average molecular weight is 234 g/mol. The molecule has 1 aromatic rings. The van der Waals surface area contributed by atoms with Gasteiger partial charge in [0.05, 0.1) is 12.5 Å². The van der Waals surface area contributed by atoms with Crippen molar-refractivity contribution in [2.24, 2.45) is 11.1 Å². The fourth-order valence-electron chi connectivity index (χ4n) is 1.83. The van der Waals surface area contributed by atoms with Gasteiger partial charge in [-0.25, -0.2) is 0 Å². The Hall–Kier alpha value is -1.55. The molecular weight excluding hydrogens is 216 g/mol. The molecule has 1 saturated carbocycles. The molecule has 0 bridgehead atoms. The first kappa shape index (κ1) is 11.9. The van der Waals surface area contributed by atoms with Crippen molar-refractivity contribution in [2.45, 2.75) is 19.4 Å². The largest absolute Gasteiger partial charge is 0.497 e. The minimum Gasteiger partial charge on any atom is -0.497 e. The SMILES string of the molecule is COc1cccc(CNC(=O)C2(CN)CC2)c1. The van der Waals surface area contributed by atoms with Gasteiger partial charge in [0.1, 0.15) is 5.75 Å². The van der Waals surface area contributed by atoms with Crippen molar-refractivity contribution in [3.63, 3.8) is 0 Å². The van der Waals surface area contributed by atoms with E-state index in [4.69, 9.17) is 10.5 Å². The molecule has 2 rings (SSSR count). The molecule has 17 heavy (non-hydrogen) atoms. The normalized spacial score (nSPS) is 16.4. The second kappa shape index (κ2) is 4.75. The zero-order valence-corrected chi connectivity index (χ0v) is 10.0. The van der Waals surface area contributed by atoms with Crippen molar-refractivity contribution in [3.8, 4) is 5.75 Å². The summed E-state index contributed by atoms with van der Waals surface area (Å²) in [7, 11) is 1.63. The van der Waals surface area contributed by atoms with Crippen LogP contribution in [0.5, 0.6) is 5.75 Å². The lowest BCUT2D eigenvalue weighted by atomic mass is 10.1. The summed E-state index contributed by atoms with van der Waals surface area (Å²) < 4.78 is 5.13. The summed E-state index contributed by atoms with van der Waals surface area (Å²) in [4.78, 5) is 11.9. The summed E-state index contributed by atoms with van der Waals surface area (Å²) in [6.45, 7) is 0.967. The minimum absolute atomic E-state index is 0.0721. The Morgan fingerprint density at radius 2 is 2.29 bits per heavy atom. The quantitative estimate of drug-likeness (QED) is 0.800. The van der Waals surface area contributed by atoms with Crippen LogP contribution in [0.1, 0.15) is 18.4 Å². The molecule has 0 radical (unpaired) electrons. The molecule has 1 aromatic carbocycles. The van der Waals surface area contributed by atoms with Crippen LogP contribution in [0.15, 0.2) is 24.3 Å². The Bertz CT molecular complexity index is 414. The molecule has 1 amide bonds. The van der Waals surface area contributed by atoms with Crippen LogP contribution in [-0.2, 0) is 11.3 Å². The first-order valence-electron chi connectivity index (χ1n) is 5.81. The Balaban J connectivity index is 1.91. The summed E-state index contributed by atoms with van der Waals surface area (Å²) in [5, 5.41) is 2.93. The summed E-state index contributed by atoms with van der Waals surface area (Å²) in [6, 6.07) is 7.68. The van der Waals surface area contributed by atoms with Crippen LogP contribution in [0.25, 0.3) is 0 Å². The van der Waals surface area contributed by atoms with E-state index in [-0.39, 0.29) is 11.3 Å². The number of nitrogens with one attached hydrogen (secondary N) is 1. The molecule has 0 heterocycles. The maximum Gasteiger partial charge on any atom is 0.227 e. The Morgan fingerprint density at radius 1 is 1.53 bits per heavy atom. The maximum atomic E-state index is 11.9. The number of rotatable bonds is 5. The summed E-state index contributed by atoms with van der Waals surface area (Å²) in [5.41, 5.74) is 6.36. The third-order valence-corrected chi connectivity index (χ3v) is 3.31. The molecule has 0 aliphatic heterocycles. The molecular formula is C13H18N2O2. The molecule has 0 saturated heterocycles. The second-order valence-corrected chi connectivity index (χ2v) is 4.52. The number of hydrogen-bond acceptors (Lipinski definition) is 3. The van der Waals surface area contributed by atoms with Crippen LogP contribution in [0.3, 0.4) is 0 Å². The van der Waals surface area contributed by atoms with Crippen molar-refractivity contribution < 1.29 is 9.53 Å². The number of hydrogen-bond donors (Lipinski definition) is 2. The van der Waals surface area contributed by atoms with Gasteiger partial charge in [0, 0.05) is 13.1 Å². The van der Waals surface area contributed by atoms with Crippen LogP contribution in [0.4, 0.5) is 0 Å². The lowest BCUT2D eigenvalue weighted by molar-refractivity contribution is -0.126. The van der Waals surface area contributed by atoms with Crippen molar-refractivity contribution in [2.75, 3.05) is 13.7 Å².